The zero-order chi connectivity index (χ0) is 14.6. The van der Waals surface area contributed by atoms with Gasteiger partial charge in [0.25, 0.3) is 0 Å². The van der Waals surface area contributed by atoms with Crippen molar-refractivity contribution in [2.24, 2.45) is 5.73 Å². The first-order valence-corrected chi connectivity index (χ1v) is 6.50. The Kier molecular flexibility index (Phi) is 5.32. The summed E-state index contributed by atoms with van der Waals surface area (Å²) in [5.74, 6) is 0.401. The summed E-state index contributed by atoms with van der Waals surface area (Å²) in [6, 6.07) is 2.89. The van der Waals surface area contributed by atoms with Gasteiger partial charge in [-0.1, -0.05) is 0 Å². The Labute approximate surface area is 114 Å². The highest BCUT2D eigenvalue weighted by atomic mass is 19.1. The number of methoxy groups -OCH3 is 1. The molecule has 0 aliphatic heterocycles. The van der Waals surface area contributed by atoms with Crippen LogP contribution in [0.4, 0.5) is 4.39 Å². The SMILES string of the molecule is COC(C)(C)CCOc1cc(C)c(F)cc1[C@@H](C)N. The van der Waals surface area contributed by atoms with E-state index in [1.54, 1.807) is 20.1 Å². The monoisotopic (exact) mass is 269 g/mol. The number of benzene rings is 1. The van der Waals surface area contributed by atoms with Gasteiger partial charge in [0, 0.05) is 25.1 Å². The second kappa shape index (κ2) is 6.35. The molecule has 0 heterocycles. The lowest BCUT2D eigenvalue weighted by molar-refractivity contribution is 0.00535. The van der Waals surface area contributed by atoms with Crippen molar-refractivity contribution < 1.29 is 13.9 Å². The van der Waals surface area contributed by atoms with Crippen molar-refractivity contribution in [2.45, 2.75) is 45.8 Å². The van der Waals surface area contributed by atoms with Gasteiger partial charge in [-0.05, 0) is 45.4 Å². The van der Waals surface area contributed by atoms with E-state index in [0.29, 0.717) is 23.5 Å². The number of halogens is 1. The van der Waals surface area contributed by atoms with Crippen molar-refractivity contribution in [3.05, 3.63) is 29.1 Å². The summed E-state index contributed by atoms with van der Waals surface area (Å²) in [6.45, 7) is 8.03. The molecule has 19 heavy (non-hydrogen) atoms. The molecule has 2 N–H and O–H groups in total. The second-order valence-corrected chi connectivity index (χ2v) is 5.49. The number of nitrogens with two attached hydrogens (primary N) is 1. The van der Waals surface area contributed by atoms with Gasteiger partial charge in [0.15, 0.2) is 0 Å². The minimum absolute atomic E-state index is 0.233. The largest absolute Gasteiger partial charge is 0.493 e. The van der Waals surface area contributed by atoms with E-state index in [4.69, 9.17) is 15.2 Å². The third kappa shape index (κ3) is 4.48. The van der Waals surface area contributed by atoms with E-state index in [1.807, 2.05) is 20.8 Å². The molecule has 1 aromatic rings. The summed E-state index contributed by atoms with van der Waals surface area (Å²) >= 11 is 0. The molecule has 0 bridgehead atoms. The van der Waals surface area contributed by atoms with Crippen LogP contribution in [0.1, 0.15) is 44.4 Å². The van der Waals surface area contributed by atoms with Crippen LogP contribution in [0.25, 0.3) is 0 Å². The minimum atomic E-state index is -0.263. The molecular formula is C15H24FNO2. The van der Waals surface area contributed by atoms with Crippen LogP contribution >= 0.6 is 0 Å². The highest BCUT2D eigenvalue weighted by Crippen LogP contribution is 2.27. The first-order valence-electron chi connectivity index (χ1n) is 6.50. The summed E-state index contributed by atoms with van der Waals surface area (Å²) in [5, 5.41) is 0. The van der Waals surface area contributed by atoms with Crippen LogP contribution in [-0.4, -0.2) is 19.3 Å². The van der Waals surface area contributed by atoms with Crippen molar-refractivity contribution in [1.82, 2.24) is 0 Å². The van der Waals surface area contributed by atoms with Crippen LogP contribution < -0.4 is 10.5 Å². The van der Waals surface area contributed by atoms with E-state index in [2.05, 4.69) is 0 Å². The topological polar surface area (TPSA) is 44.5 Å². The van der Waals surface area contributed by atoms with Crippen molar-refractivity contribution in [1.29, 1.82) is 0 Å². The second-order valence-electron chi connectivity index (χ2n) is 5.49. The molecule has 1 aromatic carbocycles. The first kappa shape index (κ1) is 15.9. The fourth-order valence-electron chi connectivity index (χ4n) is 1.66. The molecule has 1 atom stereocenters. The summed E-state index contributed by atoms with van der Waals surface area (Å²) < 4.78 is 24.6. The Bertz CT molecular complexity index is 430. The van der Waals surface area contributed by atoms with E-state index in [9.17, 15) is 4.39 Å². The lowest BCUT2D eigenvalue weighted by Crippen LogP contribution is -2.25. The first-order chi connectivity index (χ1) is 8.76. The van der Waals surface area contributed by atoms with Gasteiger partial charge in [-0.2, -0.15) is 0 Å². The minimum Gasteiger partial charge on any atom is -0.493 e. The third-order valence-electron chi connectivity index (χ3n) is 3.30. The quantitative estimate of drug-likeness (QED) is 0.861. The summed E-state index contributed by atoms with van der Waals surface area (Å²) in [4.78, 5) is 0. The molecule has 0 amide bonds. The molecule has 0 aromatic heterocycles. The van der Waals surface area contributed by atoms with Crippen molar-refractivity contribution in [3.63, 3.8) is 0 Å². The van der Waals surface area contributed by atoms with Crippen molar-refractivity contribution >= 4 is 0 Å². The molecule has 0 spiro atoms. The average Bonchev–Trinajstić information content (AvgIpc) is 2.32. The maximum atomic E-state index is 13.6. The fraction of sp³-hybridized carbons (Fsp3) is 0.600. The summed E-state index contributed by atoms with van der Waals surface area (Å²) in [6.07, 6.45) is 0.748. The molecule has 0 fully saturated rings. The highest BCUT2D eigenvalue weighted by Gasteiger charge is 2.17. The lowest BCUT2D eigenvalue weighted by Gasteiger charge is -2.23. The number of ether oxygens (including phenoxy) is 2. The molecule has 1 rings (SSSR count). The van der Waals surface area contributed by atoms with Gasteiger partial charge in [0.1, 0.15) is 11.6 Å². The standard InChI is InChI=1S/C15H24FNO2/c1-10-8-14(12(11(2)17)9-13(10)16)19-7-6-15(3,4)18-5/h8-9,11H,6-7,17H2,1-5H3/t11-/m1/s1. The van der Waals surface area contributed by atoms with Crippen LogP contribution in [0.2, 0.25) is 0 Å². The summed E-state index contributed by atoms with van der Waals surface area (Å²) in [7, 11) is 1.68. The highest BCUT2D eigenvalue weighted by molar-refractivity contribution is 5.39. The molecule has 0 saturated heterocycles. The third-order valence-corrected chi connectivity index (χ3v) is 3.30. The summed E-state index contributed by atoms with van der Waals surface area (Å²) in [5.41, 5.74) is 6.87. The predicted molar refractivity (Wildman–Crippen MR) is 74.9 cm³/mol. The Morgan fingerprint density at radius 1 is 1.37 bits per heavy atom. The molecule has 0 saturated carbocycles. The zero-order valence-electron chi connectivity index (χ0n) is 12.4. The molecular weight excluding hydrogens is 245 g/mol. The Balaban J connectivity index is 2.80. The van der Waals surface area contributed by atoms with Crippen LogP contribution in [-0.2, 0) is 4.74 Å². The number of hydrogen-bond donors (Lipinski definition) is 1. The maximum Gasteiger partial charge on any atom is 0.126 e. The van der Waals surface area contributed by atoms with Gasteiger partial charge in [0.2, 0.25) is 0 Å². The molecule has 0 radical (unpaired) electrons. The van der Waals surface area contributed by atoms with Crippen LogP contribution in [0.5, 0.6) is 5.75 Å². The lowest BCUT2D eigenvalue weighted by atomic mass is 10.0. The Morgan fingerprint density at radius 2 is 2.00 bits per heavy atom. The Morgan fingerprint density at radius 3 is 2.53 bits per heavy atom. The smallest absolute Gasteiger partial charge is 0.126 e. The maximum absolute atomic E-state index is 13.6. The van der Waals surface area contributed by atoms with Crippen LogP contribution in [0.3, 0.4) is 0 Å². The normalized spacial score (nSPS) is 13.4. The van der Waals surface area contributed by atoms with Gasteiger partial charge in [0.05, 0.1) is 12.2 Å². The van der Waals surface area contributed by atoms with E-state index in [-0.39, 0.29) is 17.5 Å². The van der Waals surface area contributed by atoms with Gasteiger partial charge in [-0.3, -0.25) is 0 Å². The molecule has 4 heteroatoms. The van der Waals surface area contributed by atoms with Gasteiger partial charge >= 0.3 is 0 Å². The Hall–Kier alpha value is -1.13. The molecule has 108 valence electrons. The number of aryl methyl sites for hydroxylation is 1. The van der Waals surface area contributed by atoms with E-state index in [0.717, 1.165) is 6.42 Å². The molecule has 0 aliphatic carbocycles. The zero-order valence-corrected chi connectivity index (χ0v) is 12.4. The fourth-order valence-corrected chi connectivity index (χ4v) is 1.66. The molecule has 3 nitrogen and oxygen atoms in total. The van der Waals surface area contributed by atoms with Gasteiger partial charge in [-0.25, -0.2) is 4.39 Å². The van der Waals surface area contributed by atoms with Crippen LogP contribution in [0, 0.1) is 12.7 Å². The number of hydrogen-bond acceptors (Lipinski definition) is 3. The van der Waals surface area contributed by atoms with Crippen molar-refractivity contribution in [3.8, 4) is 5.75 Å². The van der Waals surface area contributed by atoms with Crippen LogP contribution in [0.15, 0.2) is 12.1 Å². The average molecular weight is 269 g/mol. The van der Waals surface area contributed by atoms with Gasteiger partial charge < -0.3 is 15.2 Å². The van der Waals surface area contributed by atoms with E-state index >= 15 is 0 Å². The molecule has 0 aliphatic rings. The van der Waals surface area contributed by atoms with Crippen molar-refractivity contribution in [2.75, 3.05) is 13.7 Å². The van der Waals surface area contributed by atoms with Gasteiger partial charge in [-0.15, -0.1) is 0 Å². The predicted octanol–water partition coefficient (Wildman–Crippen LogP) is 3.35. The molecule has 0 unspecified atom stereocenters. The van der Waals surface area contributed by atoms with E-state index < -0.39 is 0 Å². The number of rotatable bonds is 6. The van der Waals surface area contributed by atoms with E-state index in [1.165, 1.54) is 6.07 Å².